The summed E-state index contributed by atoms with van der Waals surface area (Å²) in [6.45, 7) is 12.3. The number of fused-ring (bicyclic) bond motifs is 1. The van der Waals surface area contributed by atoms with Gasteiger partial charge in [0.1, 0.15) is 16.3 Å². The van der Waals surface area contributed by atoms with Gasteiger partial charge in [0.05, 0.1) is 6.04 Å². The number of thiophene rings is 1. The van der Waals surface area contributed by atoms with Gasteiger partial charge in [-0.3, -0.25) is 19.2 Å². The van der Waals surface area contributed by atoms with Crippen LogP contribution in [0.1, 0.15) is 112 Å². The second-order valence-electron chi connectivity index (χ2n) is 15.7. The van der Waals surface area contributed by atoms with Gasteiger partial charge in [-0.15, -0.1) is 11.3 Å². The zero-order valence-corrected chi connectivity index (χ0v) is 33.8. The number of carbonyl (C=O) groups is 5. The molecule has 0 bridgehead atoms. The van der Waals surface area contributed by atoms with E-state index in [9.17, 15) is 32.4 Å². The predicted molar refractivity (Wildman–Crippen MR) is 203 cm³/mol. The van der Waals surface area contributed by atoms with Crippen molar-refractivity contribution in [2.45, 2.75) is 141 Å². The Hall–Kier alpha value is -3.04. The summed E-state index contributed by atoms with van der Waals surface area (Å²) in [6.07, 6.45) is 7.91. The van der Waals surface area contributed by atoms with Gasteiger partial charge in [0, 0.05) is 32.7 Å². The molecule has 3 rings (SSSR count). The van der Waals surface area contributed by atoms with Crippen LogP contribution in [0.4, 0.5) is 4.79 Å². The lowest BCUT2D eigenvalue weighted by molar-refractivity contribution is -0.143. The van der Waals surface area contributed by atoms with Crippen molar-refractivity contribution in [3.05, 3.63) is 17.5 Å². The highest BCUT2D eigenvalue weighted by atomic mass is 32.2. The molecule has 52 heavy (non-hydrogen) atoms. The molecule has 1 unspecified atom stereocenters. The number of hydrogen-bond acceptors (Lipinski definition) is 8. The molecule has 13 nitrogen and oxygen atoms in total. The molecule has 0 aliphatic carbocycles. The summed E-state index contributed by atoms with van der Waals surface area (Å²) < 4.78 is 27.8. The zero-order chi connectivity index (χ0) is 38.6. The van der Waals surface area contributed by atoms with Crippen LogP contribution in [0.25, 0.3) is 0 Å². The van der Waals surface area contributed by atoms with E-state index in [-0.39, 0.29) is 28.5 Å². The molecular weight excluding hydrogens is 705 g/mol. The van der Waals surface area contributed by atoms with Crippen LogP contribution in [0.3, 0.4) is 0 Å². The van der Waals surface area contributed by atoms with Crippen molar-refractivity contribution in [1.82, 2.24) is 30.5 Å². The van der Waals surface area contributed by atoms with Gasteiger partial charge >= 0.3 is 6.03 Å². The second kappa shape index (κ2) is 19.9. The van der Waals surface area contributed by atoms with E-state index in [1.165, 1.54) is 16.3 Å². The van der Waals surface area contributed by atoms with Crippen molar-refractivity contribution >= 4 is 50.9 Å². The Bertz CT molecular complexity index is 1460. The van der Waals surface area contributed by atoms with E-state index in [0.29, 0.717) is 51.6 Å². The third-order valence-corrected chi connectivity index (χ3v) is 13.5. The van der Waals surface area contributed by atoms with E-state index in [1.54, 1.807) is 17.5 Å². The van der Waals surface area contributed by atoms with Crippen LogP contribution in [0.5, 0.6) is 0 Å². The maximum Gasteiger partial charge on any atom is 0.315 e. The van der Waals surface area contributed by atoms with Crippen LogP contribution in [-0.4, -0.2) is 98.0 Å². The SMILES string of the molecule is CCCNC(=O)C(=O)[C@@H]1CCCCCCCCC[C@H](NC(=O)N[C@H](CN(C)S(=O)(=O)c2cccs2)C(C)(C)C)C(=O)N2CCC(C(C)C)[C@H]2C(=O)N1. The van der Waals surface area contributed by atoms with E-state index in [4.69, 9.17) is 0 Å². The van der Waals surface area contributed by atoms with E-state index in [2.05, 4.69) is 21.3 Å². The lowest BCUT2D eigenvalue weighted by Crippen LogP contribution is -2.60. The number of urea groups is 1. The number of amides is 5. The maximum atomic E-state index is 14.4. The maximum absolute atomic E-state index is 14.4. The summed E-state index contributed by atoms with van der Waals surface area (Å²) in [6, 6.07) is -0.790. The summed E-state index contributed by atoms with van der Waals surface area (Å²) in [5.74, 6) is -2.39. The number of likely N-dealkylation sites (N-methyl/N-ethyl adjacent to an activating group) is 1. The van der Waals surface area contributed by atoms with Crippen LogP contribution in [0, 0.1) is 17.3 Å². The molecule has 2 aliphatic heterocycles. The number of nitrogens with one attached hydrogen (secondary N) is 4. The van der Waals surface area contributed by atoms with Crippen molar-refractivity contribution in [2.75, 3.05) is 26.7 Å². The summed E-state index contributed by atoms with van der Waals surface area (Å²) in [7, 11) is -2.28. The fraction of sp³-hybridized carbons (Fsp3) is 0.757. The fourth-order valence-corrected chi connectivity index (χ4v) is 9.35. The van der Waals surface area contributed by atoms with Crippen LogP contribution in [0.15, 0.2) is 21.7 Å². The first-order valence-electron chi connectivity index (χ1n) is 19.0. The molecule has 0 saturated carbocycles. The molecule has 4 N–H and O–H groups in total. The zero-order valence-electron chi connectivity index (χ0n) is 32.2. The standard InChI is InChI=1S/C37H62N6O7S2/c1-8-21-38-34(46)32(44)27-17-14-12-10-9-11-13-15-18-28(35(47)43-22-20-26(25(2)3)31(43)33(45)39-27)40-36(48)41-29(37(4,5)6)24-42(7)52(49,50)30-19-16-23-51-30/h16,19,23,25-29,31H,8-15,17-18,20-22,24H2,1-7H3,(H,38,46)(H,39,45)(H2,40,41,48)/t26?,27-,28-,29+,31-/m0/s1. The van der Waals surface area contributed by atoms with Gasteiger partial charge in [-0.05, 0) is 54.4 Å². The highest BCUT2D eigenvalue weighted by molar-refractivity contribution is 7.91. The Morgan fingerprint density at radius 2 is 1.65 bits per heavy atom. The van der Waals surface area contributed by atoms with Gasteiger partial charge in [-0.25, -0.2) is 13.2 Å². The third kappa shape index (κ3) is 12.0. The normalized spacial score (nSPS) is 23.5. The molecule has 1 aromatic rings. The van der Waals surface area contributed by atoms with Gasteiger partial charge in [-0.1, -0.05) is 92.6 Å². The largest absolute Gasteiger partial charge is 0.349 e. The van der Waals surface area contributed by atoms with Gasteiger partial charge in [0.2, 0.25) is 17.6 Å². The number of sulfonamides is 1. The van der Waals surface area contributed by atoms with Gasteiger partial charge in [0.15, 0.2) is 0 Å². The fourth-order valence-electron chi connectivity index (χ4n) is 6.96. The van der Waals surface area contributed by atoms with Gasteiger partial charge < -0.3 is 26.2 Å². The molecule has 294 valence electrons. The molecule has 0 spiro atoms. The van der Waals surface area contributed by atoms with Crippen molar-refractivity contribution in [2.24, 2.45) is 17.3 Å². The lowest BCUT2D eigenvalue weighted by Gasteiger charge is -2.35. The summed E-state index contributed by atoms with van der Waals surface area (Å²) in [5, 5.41) is 13.1. The Morgan fingerprint density at radius 1 is 1.02 bits per heavy atom. The predicted octanol–water partition coefficient (Wildman–Crippen LogP) is 4.43. The van der Waals surface area contributed by atoms with E-state index >= 15 is 0 Å². The Morgan fingerprint density at radius 3 is 2.23 bits per heavy atom. The van der Waals surface area contributed by atoms with Crippen LogP contribution >= 0.6 is 11.3 Å². The van der Waals surface area contributed by atoms with E-state index in [0.717, 1.165) is 43.4 Å². The smallest absolute Gasteiger partial charge is 0.315 e. The van der Waals surface area contributed by atoms with Gasteiger partial charge in [-0.2, -0.15) is 4.31 Å². The molecule has 2 fully saturated rings. The quantitative estimate of drug-likeness (QED) is 0.241. The van der Waals surface area contributed by atoms with Crippen LogP contribution in [0.2, 0.25) is 0 Å². The first kappa shape index (κ1) is 43.4. The molecule has 5 amide bonds. The molecule has 2 aliphatic rings. The number of rotatable bonds is 11. The third-order valence-electron chi connectivity index (χ3n) is 10.3. The average Bonchev–Trinajstić information content (AvgIpc) is 3.79. The van der Waals surface area contributed by atoms with E-state index in [1.807, 2.05) is 41.5 Å². The molecule has 1 aromatic heterocycles. The summed E-state index contributed by atoms with van der Waals surface area (Å²) in [5.41, 5.74) is -0.537. The van der Waals surface area contributed by atoms with Crippen molar-refractivity contribution in [3.63, 3.8) is 0 Å². The van der Waals surface area contributed by atoms with Crippen LogP contribution in [-0.2, 0) is 29.2 Å². The number of nitrogens with zero attached hydrogens (tertiary/aromatic N) is 2. The minimum Gasteiger partial charge on any atom is -0.349 e. The number of carbonyl (C=O) groups excluding carboxylic acids is 5. The van der Waals surface area contributed by atoms with E-state index < -0.39 is 63.2 Å². The van der Waals surface area contributed by atoms with Gasteiger partial charge in [0.25, 0.3) is 15.9 Å². The average molecular weight is 767 g/mol. The molecule has 2 saturated heterocycles. The summed E-state index contributed by atoms with van der Waals surface area (Å²) in [4.78, 5) is 69.8. The molecule has 3 heterocycles. The topological polar surface area (TPSA) is 174 Å². The molecule has 0 aromatic carbocycles. The first-order valence-corrected chi connectivity index (χ1v) is 21.3. The number of hydrogen-bond donors (Lipinski definition) is 4. The highest BCUT2D eigenvalue weighted by Gasteiger charge is 2.46. The van der Waals surface area contributed by atoms with Crippen molar-refractivity contribution in [1.29, 1.82) is 0 Å². The molecule has 5 atom stereocenters. The summed E-state index contributed by atoms with van der Waals surface area (Å²) >= 11 is 1.12. The lowest BCUT2D eigenvalue weighted by atomic mass is 9.86. The molecular formula is C37H62N6O7S2. The van der Waals surface area contributed by atoms with Crippen LogP contribution < -0.4 is 21.3 Å². The van der Waals surface area contributed by atoms with Crippen molar-refractivity contribution in [3.8, 4) is 0 Å². The second-order valence-corrected chi connectivity index (χ2v) is 18.9. The highest BCUT2D eigenvalue weighted by Crippen LogP contribution is 2.32. The number of Topliss-reactive ketones (excluding diaryl/α,β-unsaturated/α-hetero) is 1. The minimum absolute atomic E-state index is 0.0105. The monoisotopic (exact) mass is 766 g/mol. The Balaban J connectivity index is 1.87. The first-order chi connectivity index (χ1) is 24.5. The minimum atomic E-state index is -3.76. The Kier molecular flexibility index (Phi) is 16.6. The number of ketones is 1. The van der Waals surface area contributed by atoms with Crippen molar-refractivity contribution < 1.29 is 32.4 Å². The molecule has 15 heteroatoms. The molecule has 0 radical (unpaired) electrons. The Labute approximate surface area is 314 Å².